The van der Waals surface area contributed by atoms with Crippen molar-refractivity contribution in [2.75, 3.05) is 11.1 Å². The Labute approximate surface area is 119 Å². The van der Waals surface area contributed by atoms with E-state index in [1.165, 1.54) is 30.0 Å². The zero-order chi connectivity index (χ0) is 14.8. The van der Waals surface area contributed by atoms with Gasteiger partial charge in [-0.3, -0.25) is 4.99 Å². The molecule has 20 heavy (non-hydrogen) atoms. The Hall–Kier alpha value is -1.37. The third kappa shape index (κ3) is 4.06. The number of para-hydroxylation sites is 2. The van der Waals surface area contributed by atoms with Gasteiger partial charge in [-0.2, -0.15) is 0 Å². The lowest BCUT2D eigenvalue weighted by molar-refractivity contribution is -0.274. The number of rotatable bonds is 3. The van der Waals surface area contributed by atoms with Crippen LogP contribution in [0.15, 0.2) is 29.3 Å². The van der Waals surface area contributed by atoms with E-state index < -0.39 is 6.36 Å². The number of nitrogens with one attached hydrogen (secondary N) is 1. The molecular weight excluding hydrogens is 289 g/mol. The van der Waals surface area contributed by atoms with Gasteiger partial charge in [-0.15, -0.1) is 13.2 Å². The van der Waals surface area contributed by atoms with Crippen LogP contribution in [0.4, 0.5) is 18.9 Å². The van der Waals surface area contributed by atoms with E-state index >= 15 is 0 Å². The number of alkyl halides is 3. The molecule has 1 aliphatic rings. The highest BCUT2D eigenvalue weighted by molar-refractivity contribution is 8.14. The monoisotopic (exact) mass is 304 g/mol. The fraction of sp³-hybridized carbons (Fsp3) is 0.462. The Bertz CT molecular complexity index is 503. The Morgan fingerprint density at radius 3 is 2.65 bits per heavy atom. The van der Waals surface area contributed by atoms with E-state index in [1.807, 2.05) is 0 Å². The van der Waals surface area contributed by atoms with Gasteiger partial charge in [-0.05, 0) is 18.1 Å². The highest BCUT2D eigenvalue weighted by Gasteiger charge is 2.32. The van der Waals surface area contributed by atoms with Crippen LogP contribution >= 0.6 is 11.8 Å². The van der Waals surface area contributed by atoms with Gasteiger partial charge in [0.15, 0.2) is 10.9 Å². The number of thioether (sulfide) groups is 1. The summed E-state index contributed by atoms with van der Waals surface area (Å²) >= 11 is 1.50. The summed E-state index contributed by atoms with van der Waals surface area (Å²) in [7, 11) is 0. The normalized spacial score (nSPS) is 19.1. The molecule has 110 valence electrons. The minimum absolute atomic E-state index is 0.193. The van der Waals surface area contributed by atoms with Crippen molar-refractivity contribution >= 4 is 22.6 Å². The fourth-order valence-corrected chi connectivity index (χ4v) is 2.88. The van der Waals surface area contributed by atoms with Crippen molar-refractivity contribution in [3.63, 3.8) is 0 Å². The van der Waals surface area contributed by atoms with Crippen molar-refractivity contribution in [3.8, 4) is 5.75 Å². The zero-order valence-corrected chi connectivity index (χ0v) is 11.9. The molecule has 0 spiro atoms. The average Bonchev–Trinajstić information content (AvgIpc) is 2.78. The van der Waals surface area contributed by atoms with Gasteiger partial charge in [-0.25, -0.2) is 0 Å². The number of nitrogens with zero attached hydrogens (tertiary/aromatic N) is 1. The molecule has 1 heterocycles. The molecule has 3 nitrogen and oxygen atoms in total. The summed E-state index contributed by atoms with van der Waals surface area (Å²) in [5, 5.41) is 3.53. The molecule has 0 aliphatic carbocycles. The van der Waals surface area contributed by atoms with Crippen molar-refractivity contribution in [1.82, 2.24) is 0 Å². The molecular formula is C13H15F3N2OS. The lowest BCUT2D eigenvalue weighted by Gasteiger charge is -2.14. The lowest BCUT2D eigenvalue weighted by Crippen LogP contribution is -2.18. The third-order valence-corrected chi connectivity index (χ3v) is 3.79. The topological polar surface area (TPSA) is 33.6 Å². The maximum atomic E-state index is 12.3. The van der Waals surface area contributed by atoms with Crippen molar-refractivity contribution in [2.24, 2.45) is 10.9 Å². The van der Waals surface area contributed by atoms with Gasteiger partial charge >= 0.3 is 6.36 Å². The quantitative estimate of drug-likeness (QED) is 0.912. The van der Waals surface area contributed by atoms with Gasteiger partial charge in [0.25, 0.3) is 0 Å². The summed E-state index contributed by atoms with van der Waals surface area (Å²) in [6, 6.07) is 6.14. The predicted octanol–water partition coefficient (Wildman–Crippen LogP) is 4.12. The SMILES string of the molecule is CC(C)C1CSC(Nc2ccccc2OC(F)(F)F)=N1. The Kier molecular flexibility index (Phi) is 4.47. The first-order valence-electron chi connectivity index (χ1n) is 6.17. The van der Waals surface area contributed by atoms with Crippen LogP contribution in [0.3, 0.4) is 0 Å². The molecule has 0 bridgehead atoms. The van der Waals surface area contributed by atoms with Crippen LogP contribution in [0.5, 0.6) is 5.75 Å². The standard InChI is InChI=1S/C13H15F3N2OS/c1-8(2)10-7-20-12(18-10)17-9-5-3-4-6-11(9)19-13(14,15)16/h3-6,8,10H,7H2,1-2H3,(H,17,18). The van der Waals surface area contributed by atoms with E-state index in [1.54, 1.807) is 6.07 Å². The second-order valence-corrected chi connectivity index (χ2v) is 5.73. The molecule has 1 aliphatic heterocycles. The molecule has 0 saturated carbocycles. The second kappa shape index (κ2) is 5.95. The van der Waals surface area contributed by atoms with E-state index in [4.69, 9.17) is 0 Å². The number of aliphatic imine (C=N–C) groups is 1. The van der Waals surface area contributed by atoms with Gasteiger partial charge in [-0.1, -0.05) is 37.7 Å². The van der Waals surface area contributed by atoms with Crippen molar-refractivity contribution < 1.29 is 17.9 Å². The molecule has 1 unspecified atom stereocenters. The van der Waals surface area contributed by atoms with E-state index in [0.717, 1.165) is 5.75 Å². The predicted molar refractivity (Wildman–Crippen MR) is 75.3 cm³/mol. The zero-order valence-electron chi connectivity index (χ0n) is 11.1. The highest BCUT2D eigenvalue weighted by atomic mass is 32.2. The van der Waals surface area contributed by atoms with Crippen LogP contribution in [0.1, 0.15) is 13.8 Å². The van der Waals surface area contributed by atoms with Crippen LogP contribution in [0.2, 0.25) is 0 Å². The second-order valence-electron chi connectivity index (χ2n) is 4.73. The number of ether oxygens (including phenoxy) is 1. The van der Waals surface area contributed by atoms with Gasteiger partial charge in [0.2, 0.25) is 0 Å². The highest BCUT2D eigenvalue weighted by Crippen LogP contribution is 2.32. The molecule has 0 amide bonds. The fourth-order valence-electron chi connectivity index (χ4n) is 1.70. The van der Waals surface area contributed by atoms with Crippen molar-refractivity contribution in [3.05, 3.63) is 24.3 Å². The molecule has 7 heteroatoms. The number of hydrogen-bond donors (Lipinski definition) is 1. The Balaban J connectivity index is 2.12. The van der Waals surface area contributed by atoms with E-state index in [-0.39, 0.29) is 17.5 Å². The molecule has 0 aromatic heterocycles. The van der Waals surface area contributed by atoms with E-state index in [2.05, 4.69) is 28.9 Å². The van der Waals surface area contributed by atoms with E-state index in [9.17, 15) is 13.2 Å². The lowest BCUT2D eigenvalue weighted by atomic mass is 10.1. The summed E-state index contributed by atoms with van der Waals surface area (Å²) in [5.41, 5.74) is 0.264. The maximum Gasteiger partial charge on any atom is 0.573 e. The molecule has 1 aromatic rings. The first-order valence-corrected chi connectivity index (χ1v) is 7.16. The minimum Gasteiger partial charge on any atom is -0.404 e. The summed E-state index contributed by atoms with van der Waals surface area (Å²) in [4.78, 5) is 4.45. The molecule has 1 atom stereocenters. The molecule has 0 saturated heterocycles. The molecule has 1 aromatic carbocycles. The minimum atomic E-state index is -4.71. The number of benzene rings is 1. The third-order valence-electron chi connectivity index (χ3n) is 2.80. The average molecular weight is 304 g/mol. The maximum absolute atomic E-state index is 12.3. The van der Waals surface area contributed by atoms with Crippen LogP contribution in [-0.2, 0) is 0 Å². The van der Waals surface area contributed by atoms with Gasteiger partial charge in [0.05, 0.1) is 11.7 Å². The van der Waals surface area contributed by atoms with Crippen LogP contribution in [0, 0.1) is 5.92 Å². The van der Waals surface area contributed by atoms with E-state index in [0.29, 0.717) is 11.1 Å². The van der Waals surface area contributed by atoms with Crippen LogP contribution in [0.25, 0.3) is 0 Å². The van der Waals surface area contributed by atoms with Crippen molar-refractivity contribution in [1.29, 1.82) is 0 Å². The summed E-state index contributed by atoms with van der Waals surface area (Å²) < 4.78 is 40.9. The van der Waals surface area contributed by atoms with Gasteiger partial charge in [0, 0.05) is 5.75 Å². The summed E-state index contributed by atoms with van der Waals surface area (Å²) in [6.45, 7) is 4.14. The van der Waals surface area contributed by atoms with Crippen LogP contribution in [-0.4, -0.2) is 23.3 Å². The summed E-state index contributed by atoms with van der Waals surface area (Å²) in [5.74, 6) is 0.988. The smallest absolute Gasteiger partial charge is 0.404 e. The first kappa shape index (κ1) is 15.0. The molecule has 0 fully saturated rings. The Morgan fingerprint density at radius 1 is 1.35 bits per heavy atom. The van der Waals surface area contributed by atoms with Gasteiger partial charge in [0.1, 0.15) is 0 Å². The molecule has 2 rings (SSSR count). The molecule has 1 N–H and O–H groups in total. The number of halogens is 3. The first-order chi connectivity index (χ1) is 9.35. The number of anilines is 1. The number of amidine groups is 1. The summed E-state index contributed by atoms with van der Waals surface area (Å²) in [6.07, 6.45) is -4.71. The van der Waals surface area contributed by atoms with Gasteiger partial charge < -0.3 is 10.1 Å². The molecule has 0 radical (unpaired) electrons. The van der Waals surface area contributed by atoms with Crippen LogP contribution < -0.4 is 10.1 Å². The number of hydrogen-bond acceptors (Lipinski definition) is 4. The Morgan fingerprint density at radius 2 is 2.05 bits per heavy atom. The largest absolute Gasteiger partial charge is 0.573 e. The van der Waals surface area contributed by atoms with Crippen molar-refractivity contribution in [2.45, 2.75) is 26.3 Å².